The zero-order chi connectivity index (χ0) is 13.8. The van der Waals surface area contributed by atoms with E-state index in [-0.39, 0.29) is 11.9 Å². The number of halogens is 1. The first-order chi connectivity index (χ1) is 9.06. The molecule has 0 unspecified atom stereocenters. The molecule has 98 valence electrons. The zero-order valence-electron chi connectivity index (χ0n) is 9.73. The Balaban J connectivity index is 2.32. The Morgan fingerprint density at radius 3 is 2.63 bits per heavy atom. The SMILES string of the molecule is NC(N)=NC(N)=Nc1ccc(-n2cncn2)c(Cl)c1. The third kappa shape index (κ3) is 3.19. The summed E-state index contributed by atoms with van der Waals surface area (Å²) in [5, 5.41) is 4.43. The first-order valence-electron chi connectivity index (χ1n) is 5.14. The number of hydrogen-bond donors (Lipinski definition) is 3. The van der Waals surface area contributed by atoms with Crippen LogP contribution >= 0.6 is 11.6 Å². The van der Waals surface area contributed by atoms with E-state index >= 15 is 0 Å². The second kappa shape index (κ2) is 5.36. The van der Waals surface area contributed by atoms with Crippen molar-refractivity contribution in [2.45, 2.75) is 0 Å². The molecule has 0 radical (unpaired) electrons. The van der Waals surface area contributed by atoms with Crippen molar-refractivity contribution >= 4 is 29.2 Å². The van der Waals surface area contributed by atoms with Crippen molar-refractivity contribution in [1.29, 1.82) is 0 Å². The Labute approximate surface area is 113 Å². The Kier molecular flexibility index (Phi) is 3.62. The Morgan fingerprint density at radius 2 is 2.05 bits per heavy atom. The largest absolute Gasteiger partial charge is 0.370 e. The summed E-state index contributed by atoms with van der Waals surface area (Å²) in [5.41, 5.74) is 17.1. The Morgan fingerprint density at radius 1 is 1.26 bits per heavy atom. The Bertz CT molecular complexity index is 627. The van der Waals surface area contributed by atoms with Gasteiger partial charge in [0, 0.05) is 0 Å². The molecule has 0 amide bonds. The topological polar surface area (TPSA) is 133 Å². The number of guanidine groups is 2. The monoisotopic (exact) mass is 278 g/mol. The molecule has 0 saturated carbocycles. The normalized spacial score (nSPS) is 11.3. The van der Waals surface area contributed by atoms with Gasteiger partial charge < -0.3 is 17.2 Å². The van der Waals surface area contributed by atoms with Crippen molar-refractivity contribution < 1.29 is 0 Å². The van der Waals surface area contributed by atoms with Gasteiger partial charge in [-0.3, -0.25) is 0 Å². The molecule has 0 atom stereocenters. The number of nitrogens with two attached hydrogens (primary N) is 3. The van der Waals surface area contributed by atoms with Gasteiger partial charge in [0.25, 0.3) is 0 Å². The van der Waals surface area contributed by atoms with Crippen LogP contribution in [-0.4, -0.2) is 26.7 Å². The molecular weight excluding hydrogens is 268 g/mol. The molecule has 0 aliphatic heterocycles. The van der Waals surface area contributed by atoms with Gasteiger partial charge in [-0.05, 0) is 18.2 Å². The van der Waals surface area contributed by atoms with Crippen LogP contribution in [0.2, 0.25) is 5.02 Å². The van der Waals surface area contributed by atoms with E-state index < -0.39 is 0 Å². The van der Waals surface area contributed by atoms with E-state index in [2.05, 4.69) is 20.1 Å². The maximum absolute atomic E-state index is 6.13. The standard InChI is InChI=1S/C10H11ClN8/c11-7-3-6(17-10(14)18-9(12)13)1-2-8(7)19-5-15-4-16-19/h1-5H,(H6,12,13,14,17,18). The Hall–Kier alpha value is -2.61. The maximum Gasteiger partial charge on any atom is 0.223 e. The van der Waals surface area contributed by atoms with E-state index in [0.717, 1.165) is 0 Å². The average molecular weight is 279 g/mol. The summed E-state index contributed by atoms with van der Waals surface area (Å²) in [4.78, 5) is 11.4. The van der Waals surface area contributed by atoms with Gasteiger partial charge in [-0.1, -0.05) is 11.6 Å². The molecule has 0 spiro atoms. The van der Waals surface area contributed by atoms with Crippen molar-refractivity contribution in [2.75, 3.05) is 0 Å². The molecule has 0 fully saturated rings. The molecule has 1 aromatic heterocycles. The highest BCUT2D eigenvalue weighted by Gasteiger charge is 2.04. The van der Waals surface area contributed by atoms with Gasteiger partial charge >= 0.3 is 0 Å². The van der Waals surface area contributed by atoms with E-state index in [1.165, 1.54) is 17.3 Å². The lowest BCUT2D eigenvalue weighted by Gasteiger charge is -2.04. The van der Waals surface area contributed by atoms with Crippen LogP contribution in [0.3, 0.4) is 0 Å². The van der Waals surface area contributed by atoms with Crippen LogP contribution in [0.4, 0.5) is 5.69 Å². The molecule has 0 saturated heterocycles. The molecule has 0 aliphatic rings. The molecular formula is C10H11ClN8. The van der Waals surface area contributed by atoms with E-state index in [4.69, 9.17) is 28.8 Å². The zero-order valence-corrected chi connectivity index (χ0v) is 10.5. The molecule has 8 nitrogen and oxygen atoms in total. The van der Waals surface area contributed by atoms with Crippen molar-refractivity contribution in [2.24, 2.45) is 27.2 Å². The smallest absolute Gasteiger partial charge is 0.223 e. The molecule has 9 heteroatoms. The minimum atomic E-state index is -0.161. The fourth-order valence-corrected chi connectivity index (χ4v) is 1.63. The summed E-state index contributed by atoms with van der Waals surface area (Å²) >= 11 is 6.13. The summed E-state index contributed by atoms with van der Waals surface area (Å²) in [6.45, 7) is 0. The molecule has 19 heavy (non-hydrogen) atoms. The highest BCUT2D eigenvalue weighted by molar-refractivity contribution is 6.32. The fraction of sp³-hybridized carbons (Fsp3) is 0. The lowest BCUT2D eigenvalue weighted by Crippen LogP contribution is -2.26. The van der Waals surface area contributed by atoms with Crippen molar-refractivity contribution in [3.63, 3.8) is 0 Å². The van der Waals surface area contributed by atoms with Gasteiger partial charge in [0.05, 0.1) is 16.4 Å². The van der Waals surface area contributed by atoms with Gasteiger partial charge in [0.1, 0.15) is 12.7 Å². The van der Waals surface area contributed by atoms with E-state index in [1.807, 2.05) is 0 Å². The fourth-order valence-electron chi connectivity index (χ4n) is 1.37. The van der Waals surface area contributed by atoms with E-state index in [1.54, 1.807) is 18.2 Å². The van der Waals surface area contributed by atoms with Gasteiger partial charge in [-0.25, -0.2) is 14.7 Å². The number of benzene rings is 1. The van der Waals surface area contributed by atoms with Crippen LogP contribution < -0.4 is 17.2 Å². The summed E-state index contributed by atoms with van der Waals surface area (Å²) in [6.07, 6.45) is 2.96. The van der Waals surface area contributed by atoms with E-state index in [0.29, 0.717) is 16.4 Å². The van der Waals surface area contributed by atoms with E-state index in [9.17, 15) is 0 Å². The molecule has 6 N–H and O–H groups in total. The lowest BCUT2D eigenvalue weighted by atomic mass is 10.3. The molecule has 0 aliphatic carbocycles. The van der Waals surface area contributed by atoms with Gasteiger partial charge in [0.15, 0.2) is 5.96 Å². The van der Waals surface area contributed by atoms with Crippen LogP contribution in [-0.2, 0) is 0 Å². The van der Waals surface area contributed by atoms with Crippen molar-refractivity contribution in [3.05, 3.63) is 35.9 Å². The third-order valence-electron chi connectivity index (χ3n) is 2.08. The number of hydrogen-bond acceptors (Lipinski definition) is 3. The minimum Gasteiger partial charge on any atom is -0.370 e. The summed E-state index contributed by atoms with van der Waals surface area (Å²) < 4.78 is 1.54. The molecule has 2 rings (SSSR count). The van der Waals surface area contributed by atoms with Crippen molar-refractivity contribution in [3.8, 4) is 5.69 Å². The molecule has 2 aromatic rings. The second-order valence-electron chi connectivity index (χ2n) is 3.48. The van der Waals surface area contributed by atoms with Crippen LogP contribution in [0, 0.1) is 0 Å². The predicted molar refractivity (Wildman–Crippen MR) is 73.5 cm³/mol. The van der Waals surface area contributed by atoms with Crippen LogP contribution in [0.5, 0.6) is 0 Å². The second-order valence-corrected chi connectivity index (χ2v) is 3.89. The summed E-state index contributed by atoms with van der Waals surface area (Å²) in [7, 11) is 0. The summed E-state index contributed by atoms with van der Waals surface area (Å²) in [5.74, 6) is -0.212. The summed E-state index contributed by atoms with van der Waals surface area (Å²) in [6, 6.07) is 5.06. The highest BCUT2D eigenvalue weighted by Crippen LogP contribution is 2.25. The minimum absolute atomic E-state index is 0.0513. The van der Waals surface area contributed by atoms with Gasteiger partial charge in [0.2, 0.25) is 5.96 Å². The highest BCUT2D eigenvalue weighted by atomic mass is 35.5. The number of rotatable bonds is 2. The first-order valence-corrected chi connectivity index (χ1v) is 5.52. The predicted octanol–water partition coefficient (Wildman–Crippen LogP) is 0.140. The van der Waals surface area contributed by atoms with Crippen LogP contribution in [0.25, 0.3) is 5.69 Å². The number of nitrogens with zero attached hydrogens (tertiary/aromatic N) is 5. The lowest BCUT2D eigenvalue weighted by molar-refractivity contribution is 0.879. The maximum atomic E-state index is 6.13. The third-order valence-corrected chi connectivity index (χ3v) is 2.39. The molecule has 1 aromatic carbocycles. The van der Waals surface area contributed by atoms with Crippen LogP contribution in [0.15, 0.2) is 40.8 Å². The number of aromatic nitrogens is 3. The molecule has 1 heterocycles. The van der Waals surface area contributed by atoms with Crippen molar-refractivity contribution in [1.82, 2.24) is 14.8 Å². The quantitative estimate of drug-likeness (QED) is 0.531. The van der Waals surface area contributed by atoms with Gasteiger partial charge in [-0.2, -0.15) is 10.1 Å². The molecule has 0 bridgehead atoms. The average Bonchev–Trinajstić information content (AvgIpc) is 2.81. The van der Waals surface area contributed by atoms with Gasteiger partial charge in [-0.15, -0.1) is 0 Å². The van der Waals surface area contributed by atoms with Crippen LogP contribution in [0.1, 0.15) is 0 Å². The first kappa shape index (κ1) is 12.8. The number of aliphatic imine (C=N–C) groups is 2.